The minimum absolute atomic E-state index is 0.00193. The van der Waals surface area contributed by atoms with Crippen LogP contribution in [0.2, 0.25) is 0 Å². The Labute approximate surface area is 192 Å². The summed E-state index contributed by atoms with van der Waals surface area (Å²) in [4.78, 5) is 27.4. The number of rotatable bonds is 5. The quantitative estimate of drug-likeness (QED) is 0.547. The summed E-state index contributed by atoms with van der Waals surface area (Å²) in [7, 11) is 0. The molecule has 0 unspecified atom stereocenters. The van der Waals surface area contributed by atoms with Crippen LogP contribution in [-0.2, 0) is 4.79 Å². The summed E-state index contributed by atoms with van der Waals surface area (Å²) in [6, 6.07) is 6.40. The first-order valence-electron chi connectivity index (χ1n) is 10.6. The van der Waals surface area contributed by atoms with E-state index in [4.69, 9.17) is 4.52 Å². The highest BCUT2D eigenvalue weighted by atomic mass is 19.1. The van der Waals surface area contributed by atoms with Gasteiger partial charge in [-0.05, 0) is 30.5 Å². The molecule has 0 spiro atoms. The van der Waals surface area contributed by atoms with Crippen molar-refractivity contribution in [2.75, 3.05) is 6.54 Å². The second-order valence-electron chi connectivity index (χ2n) is 8.48. The molecule has 1 aromatic heterocycles. The summed E-state index contributed by atoms with van der Waals surface area (Å²) in [6.45, 7) is 3.56. The summed E-state index contributed by atoms with van der Waals surface area (Å²) in [5.41, 5.74) is -0.995. The van der Waals surface area contributed by atoms with E-state index < -0.39 is 64.2 Å². The zero-order chi connectivity index (χ0) is 24.6. The first kappa shape index (κ1) is 23.5. The van der Waals surface area contributed by atoms with Crippen molar-refractivity contribution in [3.05, 3.63) is 77.0 Å². The van der Waals surface area contributed by atoms with Crippen LogP contribution in [0.4, 0.5) is 17.6 Å². The van der Waals surface area contributed by atoms with Gasteiger partial charge in [0, 0.05) is 18.2 Å². The third-order valence-corrected chi connectivity index (χ3v) is 5.62. The van der Waals surface area contributed by atoms with Gasteiger partial charge in [0.1, 0.15) is 23.5 Å². The van der Waals surface area contributed by atoms with E-state index >= 15 is 4.39 Å². The molecule has 4 rings (SSSR count). The first-order chi connectivity index (χ1) is 16.2. The minimum Gasteiger partial charge on any atom is -0.352 e. The van der Waals surface area contributed by atoms with E-state index in [0.717, 1.165) is 17.0 Å². The summed E-state index contributed by atoms with van der Waals surface area (Å²) < 4.78 is 61.8. The highest BCUT2D eigenvalue weighted by Crippen LogP contribution is 2.31. The van der Waals surface area contributed by atoms with Gasteiger partial charge in [-0.3, -0.25) is 9.59 Å². The Bertz CT molecular complexity index is 1240. The predicted molar refractivity (Wildman–Crippen MR) is 113 cm³/mol. The summed E-state index contributed by atoms with van der Waals surface area (Å²) >= 11 is 0. The van der Waals surface area contributed by atoms with Crippen LogP contribution in [0.15, 0.2) is 47.0 Å². The Morgan fingerprint density at radius 2 is 1.88 bits per heavy atom. The molecule has 0 radical (unpaired) electrons. The van der Waals surface area contributed by atoms with Crippen LogP contribution in [0, 0.1) is 29.2 Å². The van der Waals surface area contributed by atoms with Crippen LogP contribution in [0.1, 0.15) is 42.4 Å². The number of piperazine rings is 1. The summed E-state index contributed by atoms with van der Waals surface area (Å²) in [5.74, 6) is -5.92. The van der Waals surface area contributed by atoms with Crippen molar-refractivity contribution in [3.8, 4) is 11.3 Å². The van der Waals surface area contributed by atoms with E-state index in [1.807, 2.05) is 13.8 Å². The predicted octanol–water partition coefficient (Wildman–Crippen LogP) is 4.63. The molecule has 1 fully saturated rings. The fraction of sp³-hybridized carbons (Fsp3) is 0.292. The van der Waals surface area contributed by atoms with Crippen LogP contribution < -0.4 is 5.32 Å². The molecule has 1 aliphatic heterocycles. The Balaban J connectivity index is 1.70. The Kier molecular flexibility index (Phi) is 6.41. The third-order valence-electron chi connectivity index (χ3n) is 5.62. The molecule has 2 aromatic carbocycles. The van der Waals surface area contributed by atoms with Gasteiger partial charge in [-0.25, -0.2) is 13.2 Å². The Morgan fingerprint density at radius 3 is 2.56 bits per heavy atom. The monoisotopic (exact) mass is 475 g/mol. The number of halogens is 4. The van der Waals surface area contributed by atoms with Crippen molar-refractivity contribution in [2.24, 2.45) is 5.92 Å². The molecule has 3 aromatic rings. The second kappa shape index (κ2) is 9.28. The largest absolute Gasteiger partial charge is 0.352 e. The van der Waals surface area contributed by atoms with E-state index in [9.17, 15) is 22.8 Å². The lowest BCUT2D eigenvalue weighted by Gasteiger charge is -2.40. The molecule has 0 saturated carbocycles. The van der Waals surface area contributed by atoms with Crippen molar-refractivity contribution < 1.29 is 31.7 Å². The van der Waals surface area contributed by atoms with Gasteiger partial charge in [0.15, 0.2) is 0 Å². The molecule has 2 atom stereocenters. The smallest absolute Gasteiger partial charge is 0.279 e. The number of nitrogens with zero attached hydrogens (tertiary/aromatic N) is 2. The zero-order valence-electron chi connectivity index (χ0n) is 18.3. The number of aromatic nitrogens is 1. The molecular formula is C24H21F4N3O3. The van der Waals surface area contributed by atoms with E-state index in [0.29, 0.717) is 6.07 Å². The maximum absolute atomic E-state index is 15.2. The fourth-order valence-corrected chi connectivity index (χ4v) is 4.01. The summed E-state index contributed by atoms with van der Waals surface area (Å²) in [5, 5.41) is 6.21. The van der Waals surface area contributed by atoms with Crippen molar-refractivity contribution in [2.45, 2.75) is 32.4 Å². The Morgan fingerprint density at radius 1 is 1.15 bits per heavy atom. The molecule has 6 nitrogen and oxygen atoms in total. The van der Waals surface area contributed by atoms with Gasteiger partial charge in [0.2, 0.25) is 23.2 Å². The van der Waals surface area contributed by atoms with Gasteiger partial charge in [0.25, 0.3) is 5.91 Å². The van der Waals surface area contributed by atoms with E-state index in [2.05, 4.69) is 10.5 Å². The molecule has 2 amide bonds. The molecule has 178 valence electrons. The third kappa shape index (κ3) is 4.40. The van der Waals surface area contributed by atoms with E-state index in [1.165, 1.54) is 18.2 Å². The molecule has 1 aliphatic rings. The van der Waals surface area contributed by atoms with Gasteiger partial charge in [0.05, 0.1) is 11.6 Å². The second-order valence-corrected chi connectivity index (χ2v) is 8.48. The molecule has 0 aliphatic carbocycles. The molecular weight excluding hydrogens is 454 g/mol. The number of amides is 2. The van der Waals surface area contributed by atoms with Crippen molar-refractivity contribution in [1.82, 2.24) is 15.4 Å². The van der Waals surface area contributed by atoms with Crippen LogP contribution in [0.5, 0.6) is 0 Å². The fourth-order valence-electron chi connectivity index (χ4n) is 4.01. The summed E-state index contributed by atoms with van der Waals surface area (Å²) in [6.07, 6.45) is 0.264. The van der Waals surface area contributed by atoms with Crippen LogP contribution in [0.3, 0.4) is 0 Å². The number of benzene rings is 2. The highest BCUT2D eigenvalue weighted by Gasteiger charge is 2.41. The number of carbonyl (C=O) groups is 2. The van der Waals surface area contributed by atoms with Crippen molar-refractivity contribution in [3.63, 3.8) is 0 Å². The number of hydrogen-bond donors (Lipinski definition) is 1. The number of hydrogen-bond acceptors (Lipinski definition) is 4. The highest BCUT2D eigenvalue weighted by molar-refractivity contribution is 5.98. The van der Waals surface area contributed by atoms with Gasteiger partial charge < -0.3 is 14.7 Å². The maximum atomic E-state index is 15.2. The molecule has 1 N–H and O–H groups in total. The van der Waals surface area contributed by atoms with Gasteiger partial charge in [-0.1, -0.05) is 37.2 Å². The molecule has 1 saturated heterocycles. The van der Waals surface area contributed by atoms with Crippen LogP contribution in [-0.4, -0.2) is 34.5 Å². The molecule has 2 heterocycles. The maximum Gasteiger partial charge on any atom is 0.279 e. The number of nitrogens with one attached hydrogen (secondary N) is 1. The standard InChI is InChI=1S/C24H21F4N3O3/c1-12(2)9-19-23(32)29-18(14-5-3-4-6-16(14)26)11-31(19)24(33)21-20(28)22(34-30-21)15-8-7-13(25)10-17(15)27/h3-8,10,12,18-19H,9,11H2,1-2H3,(H,29,32)/t18-,19+/m1/s1. The average Bonchev–Trinajstić information content (AvgIpc) is 3.15. The minimum atomic E-state index is -1.24. The van der Waals surface area contributed by atoms with Crippen molar-refractivity contribution >= 4 is 11.8 Å². The van der Waals surface area contributed by atoms with Gasteiger partial charge in [-0.15, -0.1) is 0 Å². The lowest BCUT2D eigenvalue weighted by Crippen LogP contribution is -2.59. The lowest BCUT2D eigenvalue weighted by molar-refractivity contribution is -0.130. The first-order valence-corrected chi connectivity index (χ1v) is 10.6. The van der Waals surface area contributed by atoms with E-state index in [1.54, 1.807) is 6.07 Å². The number of carbonyl (C=O) groups excluding carboxylic acids is 2. The Hall–Kier alpha value is -3.69. The molecule has 0 bridgehead atoms. The van der Waals surface area contributed by atoms with Crippen LogP contribution >= 0.6 is 0 Å². The normalized spacial score (nSPS) is 18.3. The SMILES string of the molecule is CC(C)C[C@H]1C(=O)N[C@@H](c2ccccc2F)CN1C(=O)c1noc(-c2ccc(F)cc2F)c1F. The molecule has 34 heavy (non-hydrogen) atoms. The molecule has 10 heteroatoms. The van der Waals surface area contributed by atoms with Gasteiger partial charge >= 0.3 is 0 Å². The van der Waals surface area contributed by atoms with Gasteiger partial charge in [-0.2, -0.15) is 4.39 Å². The topological polar surface area (TPSA) is 75.4 Å². The van der Waals surface area contributed by atoms with Crippen LogP contribution in [0.25, 0.3) is 11.3 Å². The average molecular weight is 475 g/mol. The van der Waals surface area contributed by atoms with Crippen molar-refractivity contribution in [1.29, 1.82) is 0 Å². The zero-order valence-corrected chi connectivity index (χ0v) is 18.3. The van der Waals surface area contributed by atoms with E-state index in [-0.39, 0.29) is 24.4 Å². The lowest BCUT2D eigenvalue weighted by atomic mass is 9.95.